The fourth-order valence-corrected chi connectivity index (χ4v) is 0.208. The van der Waals surface area contributed by atoms with Crippen molar-refractivity contribution < 1.29 is 0 Å². The lowest BCUT2D eigenvalue weighted by atomic mass is 11.0. The maximum atomic E-state index is 3.42. The van der Waals surface area contributed by atoms with E-state index in [1.54, 1.807) is 0 Å². The van der Waals surface area contributed by atoms with Gasteiger partial charge in [0.1, 0.15) is 0 Å². The van der Waals surface area contributed by atoms with Gasteiger partial charge >= 0.3 is 0 Å². The molecule has 0 bridgehead atoms. The molecule has 0 spiro atoms. The van der Waals surface area contributed by atoms with Crippen molar-refractivity contribution in [1.82, 2.24) is 4.90 Å². The Balaban J connectivity index is 2.21. The van der Waals surface area contributed by atoms with Crippen molar-refractivity contribution in [2.24, 2.45) is 0 Å². The van der Waals surface area contributed by atoms with Gasteiger partial charge in [-0.15, -0.1) is 0 Å². The average Bonchev–Trinajstić information content (AvgIpc) is 2.12. The molecule has 1 fully saturated rings. The molecule has 1 saturated heterocycles. The molecule has 1 heteroatoms. The third kappa shape index (κ3) is 0.407. The fourth-order valence-electron chi connectivity index (χ4n) is 0.208. The molecule has 1 nitrogen and oxygen atoms in total. The van der Waals surface area contributed by atoms with Gasteiger partial charge in [-0.3, -0.25) is 0 Å². The molecular weight excluding hydrogens is 62.1 g/mol. The SMILES string of the molecule is C=[C]N1CC1. The number of hydrogen-bond acceptors (Lipinski definition) is 1. The molecule has 0 atom stereocenters. The molecule has 1 heterocycles. The molecule has 27 valence electrons. The Morgan fingerprint density at radius 2 is 2.20 bits per heavy atom. The number of rotatable bonds is 1. The summed E-state index contributed by atoms with van der Waals surface area (Å²) < 4.78 is 0. The zero-order chi connectivity index (χ0) is 3.70. The predicted molar refractivity (Wildman–Crippen MR) is 20.4 cm³/mol. The molecule has 1 rings (SSSR count). The molecule has 1 radical (unpaired) electrons. The van der Waals surface area contributed by atoms with Gasteiger partial charge in [0.05, 0.1) is 6.20 Å². The number of nitrogens with zero attached hydrogens (tertiary/aromatic N) is 1. The van der Waals surface area contributed by atoms with Gasteiger partial charge in [-0.1, -0.05) is 6.58 Å². The maximum Gasteiger partial charge on any atom is 0.0526 e. The van der Waals surface area contributed by atoms with Crippen LogP contribution in [0.4, 0.5) is 0 Å². The second-order valence-electron chi connectivity index (χ2n) is 1.15. The zero-order valence-electron chi connectivity index (χ0n) is 3.07. The van der Waals surface area contributed by atoms with Crippen LogP contribution in [0.1, 0.15) is 0 Å². The molecule has 0 aromatic heterocycles. The van der Waals surface area contributed by atoms with Crippen LogP contribution in [-0.4, -0.2) is 18.0 Å². The van der Waals surface area contributed by atoms with Crippen LogP contribution < -0.4 is 0 Å². The van der Waals surface area contributed by atoms with E-state index >= 15 is 0 Å². The second kappa shape index (κ2) is 0.744. The van der Waals surface area contributed by atoms with Crippen LogP contribution in [0.3, 0.4) is 0 Å². The van der Waals surface area contributed by atoms with Gasteiger partial charge in [-0.25, -0.2) is 0 Å². The van der Waals surface area contributed by atoms with Crippen LogP contribution in [0, 0.1) is 6.20 Å². The van der Waals surface area contributed by atoms with Crippen molar-refractivity contribution in [1.29, 1.82) is 0 Å². The normalized spacial score (nSPS) is 18.8. The van der Waals surface area contributed by atoms with Gasteiger partial charge in [0, 0.05) is 13.1 Å². The van der Waals surface area contributed by atoms with Crippen LogP contribution in [0.2, 0.25) is 0 Å². The van der Waals surface area contributed by atoms with E-state index in [2.05, 4.69) is 12.8 Å². The minimum atomic E-state index is 1.17. The monoisotopic (exact) mass is 68.1 g/mol. The molecule has 0 aliphatic carbocycles. The molecule has 5 heavy (non-hydrogen) atoms. The van der Waals surface area contributed by atoms with Gasteiger partial charge in [0.2, 0.25) is 0 Å². The van der Waals surface area contributed by atoms with Gasteiger partial charge in [0.25, 0.3) is 0 Å². The largest absolute Gasteiger partial charge is 0.367 e. The minimum absolute atomic E-state index is 1.17. The Bertz CT molecular complexity index is 45.6. The van der Waals surface area contributed by atoms with Crippen molar-refractivity contribution in [3.8, 4) is 0 Å². The van der Waals surface area contributed by atoms with Crippen LogP contribution in [0.15, 0.2) is 6.58 Å². The molecule has 0 saturated carbocycles. The van der Waals surface area contributed by atoms with E-state index in [0.717, 1.165) is 0 Å². The van der Waals surface area contributed by atoms with Crippen LogP contribution in [-0.2, 0) is 0 Å². The summed E-state index contributed by atoms with van der Waals surface area (Å²) in [4.78, 5) is 2.01. The highest BCUT2D eigenvalue weighted by molar-refractivity contribution is 4.75. The van der Waals surface area contributed by atoms with Crippen LogP contribution in [0.5, 0.6) is 0 Å². The standard InChI is InChI=1S/C4H6N/c1-2-5-3-4-5/h1,3-4H2. The Labute approximate surface area is 31.9 Å². The predicted octanol–water partition coefficient (Wildman–Crippen LogP) is 0.249. The van der Waals surface area contributed by atoms with E-state index in [0.29, 0.717) is 0 Å². The van der Waals surface area contributed by atoms with Gasteiger partial charge in [-0.05, 0) is 0 Å². The minimum Gasteiger partial charge on any atom is -0.367 e. The Hall–Kier alpha value is -0.460. The number of hydrogen-bond donors (Lipinski definition) is 0. The lowest BCUT2D eigenvalue weighted by Crippen LogP contribution is -1.74. The lowest BCUT2D eigenvalue weighted by molar-refractivity contribution is 0.744. The quantitative estimate of drug-likeness (QED) is 0.398. The molecular formula is C4H6N. The highest BCUT2D eigenvalue weighted by Gasteiger charge is 2.09. The van der Waals surface area contributed by atoms with Gasteiger partial charge < -0.3 is 4.90 Å². The van der Waals surface area contributed by atoms with Crippen molar-refractivity contribution in [3.63, 3.8) is 0 Å². The van der Waals surface area contributed by atoms with E-state index in [1.807, 2.05) is 4.90 Å². The van der Waals surface area contributed by atoms with E-state index < -0.39 is 0 Å². The summed E-state index contributed by atoms with van der Waals surface area (Å²) in [5.74, 6) is 0. The summed E-state index contributed by atoms with van der Waals surface area (Å²) in [6.45, 7) is 5.76. The first-order chi connectivity index (χ1) is 2.43. The molecule has 1 aliphatic heterocycles. The third-order valence-corrected chi connectivity index (χ3v) is 0.671. The molecule has 0 amide bonds. The summed E-state index contributed by atoms with van der Waals surface area (Å²) in [7, 11) is 0. The summed E-state index contributed by atoms with van der Waals surface area (Å²) in [6.07, 6.45) is 2.72. The smallest absolute Gasteiger partial charge is 0.0526 e. The van der Waals surface area contributed by atoms with Crippen LogP contribution in [0.25, 0.3) is 0 Å². The van der Waals surface area contributed by atoms with E-state index in [1.165, 1.54) is 13.1 Å². The Kier molecular flexibility index (Phi) is 0.411. The van der Waals surface area contributed by atoms with E-state index in [4.69, 9.17) is 0 Å². The summed E-state index contributed by atoms with van der Waals surface area (Å²) >= 11 is 0. The van der Waals surface area contributed by atoms with E-state index in [9.17, 15) is 0 Å². The first-order valence-corrected chi connectivity index (χ1v) is 1.71. The van der Waals surface area contributed by atoms with Gasteiger partial charge in [0.15, 0.2) is 0 Å². The summed E-state index contributed by atoms with van der Waals surface area (Å²) in [6, 6.07) is 0. The first-order valence-electron chi connectivity index (χ1n) is 1.71. The van der Waals surface area contributed by atoms with Gasteiger partial charge in [-0.2, -0.15) is 0 Å². The first kappa shape index (κ1) is 2.76. The van der Waals surface area contributed by atoms with Crippen LogP contribution >= 0.6 is 0 Å². The summed E-state index contributed by atoms with van der Waals surface area (Å²) in [5.41, 5.74) is 0. The van der Waals surface area contributed by atoms with Crippen molar-refractivity contribution in [3.05, 3.63) is 12.8 Å². The Morgan fingerprint density at radius 1 is 1.60 bits per heavy atom. The fraction of sp³-hybridized carbons (Fsp3) is 0.500. The summed E-state index contributed by atoms with van der Waals surface area (Å²) in [5, 5.41) is 0. The third-order valence-electron chi connectivity index (χ3n) is 0.671. The molecule has 1 aliphatic rings. The highest BCUT2D eigenvalue weighted by Crippen LogP contribution is 1.98. The molecule has 0 N–H and O–H groups in total. The zero-order valence-corrected chi connectivity index (χ0v) is 3.07. The van der Waals surface area contributed by atoms with Crippen molar-refractivity contribution in [2.45, 2.75) is 0 Å². The van der Waals surface area contributed by atoms with Crippen molar-refractivity contribution >= 4 is 0 Å². The molecule has 0 aromatic rings. The molecule has 0 unspecified atom stereocenters. The molecule has 0 aromatic carbocycles. The highest BCUT2D eigenvalue weighted by atomic mass is 15.2. The Morgan fingerprint density at radius 3 is 2.20 bits per heavy atom. The van der Waals surface area contributed by atoms with E-state index in [-0.39, 0.29) is 0 Å². The average molecular weight is 68.1 g/mol. The van der Waals surface area contributed by atoms with Crippen molar-refractivity contribution in [2.75, 3.05) is 13.1 Å². The topological polar surface area (TPSA) is 3.01 Å². The maximum absolute atomic E-state index is 3.42. The lowest BCUT2D eigenvalue weighted by Gasteiger charge is -1.75. The second-order valence-corrected chi connectivity index (χ2v) is 1.15.